The SMILES string of the molecule is CN=C(NCCc1coc(-c2ccc(C)cc2)n1)N1CCN(c2cccc(OC)c2)CC1. The first-order chi connectivity index (χ1) is 15.7. The van der Waals surface area contributed by atoms with Crippen LogP contribution in [0.1, 0.15) is 11.3 Å². The molecule has 1 N–H and O–H groups in total. The van der Waals surface area contributed by atoms with Crippen molar-refractivity contribution in [3.63, 3.8) is 0 Å². The van der Waals surface area contributed by atoms with Crippen LogP contribution in [0.5, 0.6) is 5.75 Å². The number of hydrogen-bond acceptors (Lipinski definition) is 5. The molecule has 0 saturated carbocycles. The van der Waals surface area contributed by atoms with Gasteiger partial charge >= 0.3 is 0 Å². The van der Waals surface area contributed by atoms with Gasteiger partial charge in [-0.05, 0) is 31.2 Å². The highest BCUT2D eigenvalue weighted by atomic mass is 16.5. The molecular formula is C25H31N5O2. The van der Waals surface area contributed by atoms with Gasteiger partial charge in [0, 0.05) is 63.5 Å². The van der Waals surface area contributed by atoms with Gasteiger partial charge in [-0.15, -0.1) is 0 Å². The number of hydrogen-bond donors (Lipinski definition) is 1. The zero-order valence-corrected chi connectivity index (χ0v) is 19.0. The van der Waals surface area contributed by atoms with Gasteiger partial charge in [-0.3, -0.25) is 4.99 Å². The lowest BCUT2D eigenvalue weighted by atomic mass is 10.1. The van der Waals surface area contributed by atoms with Gasteiger partial charge in [0.2, 0.25) is 5.89 Å². The van der Waals surface area contributed by atoms with Crippen LogP contribution in [0.2, 0.25) is 0 Å². The summed E-state index contributed by atoms with van der Waals surface area (Å²) in [6.07, 6.45) is 2.52. The number of anilines is 1. The van der Waals surface area contributed by atoms with E-state index in [0.29, 0.717) is 5.89 Å². The first kappa shape index (κ1) is 21.7. The molecule has 168 valence electrons. The van der Waals surface area contributed by atoms with Crippen LogP contribution < -0.4 is 15.0 Å². The highest BCUT2D eigenvalue weighted by Crippen LogP contribution is 2.22. The van der Waals surface area contributed by atoms with Crippen LogP contribution >= 0.6 is 0 Å². The molecule has 1 saturated heterocycles. The maximum absolute atomic E-state index is 5.67. The number of ether oxygens (including phenoxy) is 1. The Morgan fingerprint density at radius 2 is 1.91 bits per heavy atom. The number of piperazine rings is 1. The fourth-order valence-corrected chi connectivity index (χ4v) is 3.87. The summed E-state index contributed by atoms with van der Waals surface area (Å²) in [5.74, 6) is 2.48. The smallest absolute Gasteiger partial charge is 0.226 e. The van der Waals surface area contributed by atoms with Crippen molar-refractivity contribution in [1.29, 1.82) is 0 Å². The average Bonchev–Trinajstić information content (AvgIpc) is 3.31. The van der Waals surface area contributed by atoms with Gasteiger partial charge in [0.05, 0.1) is 12.8 Å². The molecule has 7 heteroatoms. The summed E-state index contributed by atoms with van der Waals surface area (Å²) in [6, 6.07) is 16.4. The molecular weight excluding hydrogens is 402 g/mol. The highest BCUT2D eigenvalue weighted by Gasteiger charge is 2.20. The molecule has 1 aliphatic heterocycles. The van der Waals surface area contributed by atoms with Crippen LogP contribution in [0.25, 0.3) is 11.5 Å². The van der Waals surface area contributed by atoms with Crippen molar-refractivity contribution in [1.82, 2.24) is 15.2 Å². The minimum atomic E-state index is 0.665. The molecule has 4 rings (SSSR count). The van der Waals surface area contributed by atoms with Gasteiger partial charge < -0.3 is 24.3 Å². The summed E-state index contributed by atoms with van der Waals surface area (Å²) < 4.78 is 11.0. The molecule has 3 aromatic rings. The van der Waals surface area contributed by atoms with E-state index in [4.69, 9.17) is 9.15 Å². The molecule has 7 nitrogen and oxygen atoms in total. The number of methoxy groups -OCH3 is 1. The quantitative estimate of drug-likeness (QED) is 0.473. The van der Waals surface area contributed by atoms with Crippen LogP contribution in [0.3, 0.4) is 0 Å². The van der Waals surface area contributed by atoms with E-state index in [-0.39, 0.29) is 0 Å². The molecule has 0 amide bonds. The second kappa shape index (κ2) is 10.2. The number of rotatable bonds is 6. The molecule has 2 heterocycles. The Morgan fingerprint density at radius 1 is 1.12 bits per heavy atom. The van der Waals surface area contributed by atoms with Crippen molar-refractivity contribution < 1.29 is 9.15 Å². The molecule has 32 heavy (non-hydrogen) atoms. The standard InChI is InChI=1S/C25H31N5O2/c1-19-7-9-20(10-8-19)24-28-21(18-32-24)11-12-27-25(26-2)30-15-13-29(14-16-30)22-5-4-6-23(17-22)31-3/h4-10,17-18H,11-16H2,1-3H3,(H,26,27). The molecule has 2 aromatic carbocycles. The fraction of sp³-hybridized carbons (Fsp3) is 0.360. The topological polar surface area (TPSA) is 66.1 Å². The number of nitrogens with one attached hydrogen (secondary N) is 1. The third-order valence-corrected chi connectivity index (χ3v) is 5.72. The predicted molar refractivity (Wildman–Crippen MR) is 129 cm³/mol. The maximum Gasteiger partial charge on any atom is 0.226 e. The van der Waals surface area contributed by atoms with Gasteiger partial charge in [0.1, 0.15) is 12.0 Å². The molecule has 1 fully saturated rings. The normalized spacial score (nSPS) is 14.5. The first-order valence-corrected chi connectivity index (χ1v) is 11.0. The van der Waals surface area contributed by atoms with Crippen LogP contribution in [-0.4, -0.2) is 62.7 Å². The minimum Gasteiger partial charge on any atom is -0.497 e. The van der Waals surface area contributed by atoms with Crippen LogP contribution in [-0.2, 0) is 6.42 Å². The predicted octanol–water partition coefficient (Wildman–Crippen LogP) is 3.60. The second-order valence-electron chi connectivity index (χ2n) is 7.91. The molecule has 1 aromatic heterocycles. The lowest BCUT2D eigenvalue weighted by Gasteiger charge is -2.37. The van der Waals surface area contributed by atoms with Gasteiger partial charge in [0.15, 0.2) is 5.96 Å². The second-order valence-corrected chi connectivity index (χ2v) is 7.91. The maximum atomic E-state index is 5.67. The van der Waals surface area contributed by atoms with Crippen molar-refractivity contribution >= 4 is 11.6 Å². The van der Waals surface area contributed by atoms with Gasteiger partial charge in [-0.1, -0.05) is 23.8 Å². The first-order valence-electron chi connectivity index (χ1n) is 11.0. The van der Waals surface area contributed by atoms with E-state index in [1.54, 1.807) is 13.4 Å². The third-order valence-electron chi connectivity index (χ3n) is 5.72. The number of nitrogens with zero attached hydrogens (tertiary/aromatic N) is 4. The molecule has 1 aliphatic rings. The Morgan fingerprint density at radius 3 is 2.62 bits per heavy atom. The number of aliphatic imine (C=N–C) groups is 1. The van der Waals surface area contributed by atoms with Crippen molar-refractivity contribution in [2.45, 2.75) is 13.3 Å². The summed E-state index contributed by atoms with van der Waals surface area (Å²) in [7, 11) is 3.54. The van der Waals surface area contributed by atoms with Crippen LogP contribution in [0.15, 0.2) is 64.2 Å². The van der Waals surface area contributed by atoms with E-state index in [9.17, 15) is 0 Å². The lowest BCUT2D eigenvalue weighted by Crippen LogP contribution is -2.52. The number of guanidine groups is 1. The van der Waals surface area contributed by atoms with E-state index in [2.05, 4.69) is 56.3 Å². The number of benzene rings is 2. The Hall–Kier alpha value is -3.48. The average molecular weight is 434 g/mol. The Kier molecular flexibility index (Phi) is 6.94. The minimum absolute atomic E-state index is 0.665. The molecule has 0 spiro atoms. The van der Waals surface area contributed by atoms with Crippen molar-refractivity contribution in [3.05, 3.63) is 66.1 Å². The van der Waals surface area contributed by atoms with E-state index >= 15 is 0 Å². The monoisotopic (exact) mass is 433 g/mol. The van der Waals surface area contributed by atoms with Crippen LogP contribution in [0, 0.1) is 6.92 Å². The van der Waals surface area contributed by atoms with Gasteiger partial charge in [-0.2, -0.15) is 0 Å². The molecule has 0 radical (unpaired) electrons. The van der Waals surface area contributed by atoms with E-state index in [1.165, 1.54) is 11.3 Å². The highest BCUT2D eigenvalue weighted by molar-refractivity contribution is 5.80. The summed E-state index contributed by atoms with van der Waals surface area (Å²) in [4.78, 5) is 13.8. The summed E-state index contributed by atoms with van der Waals surface area (Å²) in [5.41, 5.74) is 4.36. The lowest BCUT2D eigenvalue weighted by molar-refractivity contribution is 0.372. The Bertz CT molecular complexity index is 1040. The summed E-state index contributed by atoms with van der Waals surface area (Å²) >= 11 is 0. The fourth-order valence-electron chi connectivity index (χ4n) is 3.87. The van der Waals surface area contributed by atoms with Gasteiger partial charge in [-0.25, -0.2) is 4.98 Å². The van der Waals surface area contributed by atoms with Crippen molar-refractivity contribution in [3.8, 4) is 17.2 Å². The Balaban J connectivity index is 1.26. The van der Waals surface area contributed by atoms with Gasteiger partial charge in [0.25, 0.3) is 0 Å². The largest absolute Gasteiger partial charge is 0.497 e. The van der Waals surface area contributed by atoms with Crippen molar-refractivity contribution in [2.75, 3.05) is 51.8 Å². The number of aromatic nitrogens is 1. The third kappa shape index (κ3) is 5.22. The zero-order chi connectivity index (χ0) is 22.3. The summed E-state index contributed by atoms with van der Waals surface area (Å²) in [5, 5.41) is 3.47. The summed E-state index contributed by atoms with van der Waals surface area (Å²) in [6.45, 7) is 6.54. The molecule has 0 unspecified atom stereocenters. The zero-order valence-electron chi connectivity index (χ0n) is 19.0. The molecule has 0 bridgehead atoms. The van der Waals surface area contributed by atoms with E-state index in [0.717, 1.165) is 62.1 Å². The Labute approximate surface area is 189 Å². The van der Waals surface area contributed by atoms with Crippen LogP contribution in [0.4, 0.5) is 5.69 Å². The van der Waals surface area contributed by atoms with E-state index in [1.807, 2.05) is 31.3 Å². The molecule has 0 atom stereocenters. The van der Waals surface area contributed by atoms with E-state index < -0.39 is 0 Å². The molecule has 0 aliphatic carbocycles. The van der Waals surface area contributed by atoms with Crippen molar-refractivity contribution in [2.24, 2.45) is 4.99 Å². The number of oxazole rings is 1. The number of aryl methyl sites for hydroxylation is 1.